The van der Waals surface area contributed by atoms with E-state index in [0.29, 0.717) is 19.8 Å². The molecule has 0 spiro atoms. The number of aromatic nitrogens is 1. The van der Waals surface area contributed by atoms with Crippen molar-refractivity contribution >= 4 is 21.8 Å². The summed E-state index contributed by atoms with van der Waals surface area (Å²) in [5, 5.41) is 3.38. The van der Waals surface area contributed by atoms with Gasteiger partial charge in [-0.15, -0.1) is 0 Å². The topological polar surface area (TPSA) is 51.2 Å². The summed E-state index contributed by atoms with van der Waals surface area (Å²) >= 11 is 3.22. The molecule has 0 unspecified atom stereocenters. The van der Waals surface area contributed by atoms with E-state index < -0.39 is 5.82 Å². The third-order valence-electron chi connectivity index (χ3n) is 1.71. The number of nitrogens with one attached hydrogen (secondary N) is 1. The normalized spacial score (nSPS) is 10.1. The maximum atomic E-state index is 12.5. The maximum absolute atomic E-state index is 12.5. The van der Waals surface area contributed by atoms with Crippen molar-refractivity contribution in [2.24, 2.45) is 0 Å². The highest BCUT2D eigenvalue weighted by molar-refractivity contribution is 9.09. The van der Waals surface area contributed by atoms with E-state index >= 15 is 0 Å². The lowest BCUT2D eigenvalue weighted by Gasteiger charge is -2.04. The lowest BCUT2D eigenvalue weighted by Crippen LogP contribution is -2.28. The fourth-order valence-electron chi connectivity index (χ4n) is 0.994. The van der Waals surface area contributed by atoms with E-state index in [9.17, 15) is 9.18 Å². The zero-order valence-corrected chi connectivity index (χ0v) is 10.2. The summed E-state index contributed by atoms with van der Waals surface area (Å²) in [6.45, 7) is 1.45. The number of ether oxygens (including phenoxy) is 1. The summed E-state index contributed by atoms with van der Waals surface area (Å²) in [6.07, 6.45) is 1.01. The van der Waals surface area contributed by atoms with Crippen LogP contribution in [-0.2, 0) is 4.74 Å². The summed E-state index contributed by atoms with van der Waals surface area (Å²) in [6, 6.07) is 2.53. The van der Waals surface area contributed by atoms with Gasteiger partial charge in [0.05, 0.1) is 19.4 Å². The molecule has 16 heavy (non-hydrogen) atoms. The van der Waals surface area contributed by atoms with Crippen molar-refractivity contribution in [2.45, 2.75) is 0 Å². The number of nitrogens with zero attached hydrogens (tertiary/aromatic N) is 1. The van der Waals surface area contributed by atoms with Crippen LogP contribution in [0.5, 0.6) is 0 Å². The molecule has 4 nitrogen and oxygen atoms in total. The molecule has 88 valence electrons. The Bertz CT molecular complexity index is 332. The highest BCUT2D eigenvalue weighted by Gasteiger charge is 2.05. The van der Waals surface area contributed by atoms with E-state index in [1.807, 2.05) is 0 Å². The number of carbonyl (C=O) groups excluding carboxylic acids is 1. The van der Waals surface area contributed by atoms with Crippen LogP contribution in [0.4, 0.5) is 4.39 Å². The van der Waals surface area contributed by atoms with Crippen molar-refractivity contribution in [2.75, 3.05) is 25.1 Å². The molecule has 1 heterocycles. The quantitative estimate of drug-likeness (QED) is 0.636. The van der Waals surface area contributed by atoms with Crippen LogP contribution in [0.2, 0.25) is 0 Å². The Morgan fingerprint density at radius 2 is 2.31 bits per heavy atom. The molecule has 1 amide bonds. The van der Waals surface area contributed by atoms with Crippen LogP contribution >= 0.6 is 15.9 Å². The summed E-state index contributed by atoms with van der Waals surface area (Å²) in [5.74, 6) is -0.792. The standard InChI is InChI=1S/C10H12BrFN2O2/c11-3-5-16-6-4-13-10(15)9-2-1-8(12)7-14-9/h1-2,7H,3-6H2,(H,13,15). The number of pyridine rings is 1. The lowest BCUT2D eigenvalue weighted by molar-refractivity contribution is 0.0919. The van der Waals surface area contributed by atoms with E-state index in [-0.39, 0.29) is 11.6 Å². The van der Waals surface area contributed by atoms with Crippen molar-refractivity contribution in [1.82, 2.24) is 10.3 Å². The molecular weight excluding hydrogens is 279 g/mol. The summed E-state index contributed by atoms with van der Waals surface area (Å²) in [5.41, 5.74) is 0.196. The molecule has 0 aliphatic carbocycles. The van der Waals surface area contributed by atoms with Gasteiger partial charge in [0.1, 0.15) is 11.5 Å². The van der Waals surface area contributed by atoms with Crippen LogP contribution in [0.3, 0.4) is 0 Å². The predicted molar refractivity (Wildman–Crippen MR) is 61.1 cm³/mol. The first kappa shape index (κ1) is 13.1. The molecule has 1 aromatic heterocycles. The van der Waals surface area contributed by atoms with Gasteiger partial charge in [-0.05, 0) is 12.1 Å². The van der Waals surface area contributed by atoms with Crippen molar-refractivity contribution in [3.63, 3.8) is 0 Å². The summed E-state index contributed by atoms with van der Waals surface area (Å²) in [4.78, 5) is 15.1. The largest absolute Gasteiger partial charge is 0.379 e. The Hall–Kier alpha value is -1.01. The van der Waals surface area contributed by atoms with Gasteiger partial charge in [-0.3, -0.25) is 4.79 Å². The average Bonchev–Trinajstić information content (AvgIpc) is 2.29. The van der Waals surface area contributed by atoms with Gasteiger partial charge >= 0.3 is 0 Å². The van der Waals surface area contributed by atoms with Crippen molar-refractivity contribution < 1.29 is 13.9 Å². The second-order valence-electron chi connectivity index (χ2n) is 2.92. The second kappa shape index (κ2) is 7.29. The Kier molecular flexibility index (Phi) is 5.95. The van der Waals surface area contributed by atoms with E-state index in [4.69, 9.17) is 4.74 Å². The molecule has 0 bridgehead atoms. The molecule has 0 fully saturated rings. The highest BCUT2D eigenvalue weighted by atomic mass is 79.9. The van der Waals surface area contributed by atoms with Crippen LogP contribution in [0.25, 0.3) is 0 Å². The molecule has 0 atom stereocenters. The van der Waals surface area contributed by atoms with E-state index in [2.05, 4.69) is 26.2 Å². The number of rotatable bonds is 6. The number of alkyl halides is 1. The Morgan fingerprint density at radius 1 is 1.50 bits per heavy atom. The van der Waals surface area contributed by atoms with Crippen molar-refractivity contribution in [3.8, 4) is 0 Å². The zero-order valence-electron chi connectivity index (χ0n) is 8.58. The molecule has 0 aliphatic heterocycles. The van der Waals surface area contributed by atoms with Gasteiger partial charge in [-0.1, -0.05) is 15.9 Å². The van der Waals surface area contributed by atoms with Gasteiger partial charge in [0.2, 0.25) is 0 Å². The van der Waals surface area contributed by atoms with Gasteiger partial charge in [0.15, 0.2) is 0 Å². The van der Waals surface area contributed by atoms with Gasteiger partial charge in [0.25, 0.3) is 5.91 Å². The first-order valence-corrected chi connectivity index (χ1v) is 5.89. The number of hydrogen-bond donors (Lipinski definition) is 1. The number of amides is 1. The molecule has 1 rings (SSSR count). The van der Waals surface area contributed by atoms with Crippen LogP contribution in [0.1, 0.15) is 10.5 Å². The predicted octanol–water partition coefficient (Wildman–Crippen LogP) is 1.36. The summed E-state index contributed by atoms with van der Waals surface area (Å²) < 4.78 is 17.7. The van der Waals surface area contributed by atoms with Gasteiger partial charge in [0, 0.05) is 11.9 Å². The number of carbonyl (C=O) groups is 1. The molecule has 0 aromatic carbocycles. The molecule has 6 heteroatoms. The van der Waals surface area contributed by atoms with Gasteiger partial charge < -0.3 is 10.1 Å². The van der Waals surface area contributed by atoms with Crippen LogP contribution in [0.15, 0.2) is 18.3 Å². The zero-order chi connectivity index (χ0) is 11.8. The highest BCUT2D eigenvalue weighted by Crippen LogP contribution is 1.97. The van der Waals surface area contributed by atoms with Gasteiger partial charge in [-0.2, -0.15) is 0 Å². The fraction of sp³-hybridized carbons (Fsp3) is 0.400. The Labute approximate surface area is 101 Å². The smallest absolute Gasteiger partial charge is 0.269 e. The molecule has 1 N–H and O–H groups in total. The minimum atomic E-state index is -0.461. The molecule has 0 saturated carbocycles. The van der Waals surface area contributed by atoms with Crippen LogP contribution in [-0.4, -0.2) is 36.0 Å². The van der Waals surface area contributed by atoms with Crippen molar-refractivity contribution in [1.29, 1.82) is 0 Å². The van der Waals surface area contributed by atoms with Crippen LogP contribution in [0, 0.1) is 5.82 Å². The van der Waals surface area contributed by atoms with E-state index in [1.165, 1.54) is 12.1 Å². The third kappa shape index (κ3) is 4.67. The third-order valence-corrected chi connectivity index (χ3v) is 2.04. The minimum Gasteiger partial charge on any atom is -0.379 e. The number of halogens is 2. The Balaban J connectivity index is 2.27. The van der Waals surface area contributed by atoms with Crippen molar-refractivity contribution in [3.05, 3.63) is 29.8 Å². The molecular formula is C10H12BrFN2O2. The molecule has 0 saturated heterocycles. The Morgan fingerprint density at radius 3 is 2.94 bits per heavy atom. The monoisotopic (exact) mass is 290 g/mol. The van der Waals surface area contributed by atoms with Crippen LogP contribution < -0.4 is 5.32 Å². The fourth-order valence-corrected chi connectivity index (χ4v) is 1.22. The second-order valence-corrected chi connectivity index (χ2v) is 3.71. The first-order valence-electron chi connectivity index (χ1n) is 4.77. The van der Waals surface area contributed by atoms with Gasteiger partial charge in [-0.25, -0.2) is 9.37 Å². The van der Waals surface area contributed by atoms with E-state index in [0.717, 1.165) is 11.5 Å². The average molecular weight is 291 g/mol. The molecule has 0 aliphatic rings. The lowest BCUT2D eigenvalue weighted by atomic mass is 10.3. The SMILES string of the molecule is O=C(NCCOCCBr)c1ccc(F)cn1. The summed E-state index contributed by atoms with van der Waals surface area (Å²) in [7, 11) is 0. The first-order chi connectivity index (χ1) is 7.74. The molecule has 0 radical (unpaired) electrons. The molecule has 1 aromatic rings. The maximum Gasteiger partial charge on any atom is 0.269 e. The minimum absolute atomic E-state index is 0.196. The van der Waals surface area contributed by atoms with E-state index in [1.54, 1.807) is 0 Å². The number of hydrogen-bond acceptors (Lipinski definition) is 3.